The minimum absolute atomic E-state index is 0.141. The lowest BCUT2D eigenvalue weighted by molar-refractivity contribution is 0.410. The van der Waals surface area contributed by atoms with Crippen LogP contribution < -0.4 is 22.3 Å². The van der Waals surface area contributed by atoms with Crippen molar-refractivity contribution in [2.24, 2.45) is 5.84 Å². The number of anilines is 3. The quantitative estimate of drug-likeness (QED) is 0.394. The predicted octanol–water partition coefficient (Wildman–Crippen LogP) is -0.618. The zero-order valence-electron chi connectivity index (χ0n) is 8.92. The Morgan fingerprint density at radius 1 is 1.29 bits per heavy atom. The van der Waals surface area contributed by atoms with Crippen LogP contribution in [0.15, 0.2) is 17.0 Å². The van der Waals surface area contributed by atoms with Crippen LogP contribution in [0.4, 0.5) is 17.6 Å². The zero-order chi connectivity index (χ0) is 12.1. The molecule has 0 unspecified atom stereocenters. The van der Waals surface area contributed by atoms with E-state index in [1.165, 1.54) is 6.39 Å². The minimum Gasteiger partial charge on any atom is -0.369 e. The molecule has 2 aromatic heterocycles. The van der Waals surface area contributed by atoms with Crippen LogP contribution >= 0.6 is 0 Å². The molecule has 17 heavy (non-hydrogen) atoms. The van der Waals surface area contributed by atoms with Gasteiger partial charge in [-0.25, -0.2) is 5.84 Å². The fraction of sp³-hybridized carbons (Fsp3) is 0.250. The Hall–Kier alpha value is -2.42. The molecule has 0 saturated carbocycles. The van der Waals surface area contributed by atoms with Crippen LogP contribution in [0.25, 0.3) is 0 Å². The van der Waals surface area contributed by atoms with Gasteiger partial charge in [-0.15, -0.1) is 0 Å². The van der Waals surface area contributed by atoms with Crippen LogP contribution in [0.2, 0.25) is 0 Å². The van der Waals surface area contributed by atoms with Gasteiger partial charge in [0.2, 0.25) is 12.3 Å². The molecule has 0 bridgehead atoms. The molecule has 0 aliphatic carbocycles. The second kappa shape index (κ2) is 5.07. The third-order valence-electron chi connectivity index (χ3n) is 1.95. The number of rotatable bonds is 5. The highest BCUT2D eigenvalue weighted by molar-refractivity contribution is 5.50. The maximum Gasteiger partial charge on any atom is 0.223 e. The first-order valence-corrected chi connectivity index (χ1v) is 4.88. The summed E-state index contributed by atoms with van der Waals surface area (Å²) in [6, 6.07) is 1.65. The first-order valence-electron chi connectivity index (χ1n) is 4.88. The van der Waals surface area contributed by atoms with Crippen molar-refractivity contribution in [3.63, 3.8) is 0 Å². The van der Waals surface area contributed by atoms with Crippen LogP contribution in [-0.4, -0.2) is 26.7 Å². The summed E-state index contributed by atoms with van der Waals surface area (Å²) in [5.74, 6) is 7.02. The summed E-state index contributed by atoms with van der Waals surface area (Å²) in [5, 5.41) is 6.73. The molecule has 0 aromatic carbocycles. The molecule has 9 heteroatoms. The lowest BCUT2D eigenvalue weighted by Gasteiger charge is -2.06. The third kappa shape index (κ3) is 3.01. The highest BCUT2D eigenvalue weighted by Crippen LogP contribution is 2.10. The molecule has 0 radical (unpaired) electrons. The van der Waals surface area contributed by atoms with Crippen molar-refractivity contribution in [2.45, 2.75) is 6.42 Å². The van der Waals surface area contributed by atoms with E-state index in [1.807, 2.05) is 0 Å². The SMILES string of the molecule is NNc1cc(NCCc2ncon2)nc(N)n1. The molecule has 0 saturated heterocycles. The lowest BCUT2D eigenvalue weighted by atomic mass is 10.4. The van der Waals surface area contributed by atoms with Gasteiger partial charge in [0.25, 0.3) is 0 Å². The largest absolute Gasteiger partial charge is 0.369 e. The van der Waals surface area contributed by atoms with Crippen molar-refractivity contribution in [3.05, 3.63) is 18.3 Å². The molecule has 0 spiro atoms. The van der Waals surface area contributed by atoms with Gasteiger partial charge in [-0.3, -0.25) is 0 Å². The molecule has 0 fully saturated rings. The fourth-order valence-electron chi connectivity index (χ4n) is 1.24. The number of nitrogens with two attached hydrogens (primary N) is 2. The maximum absolute atomic E-state index is 5.50. The number of nitrogens with zero attached hydrogens (tertiary/aromatic N) is 4. The number of hydrogen-bond acceptors (Lipinski definition) is 9. The zero-order valence-corrected chi connectivity index (χ0v) is 8.92. The van der Waals surface area contributed by atoms with Crippen LogP contribution in [0.1, 0.15) is 5.82 Å². The predicted molar refractivity (Wildman–Crippen MR) is 60.7 cm³/mol. The van der Waals surface area contributed by atoms with E-state index in [1.54, 1.807) is 6.07 Å². The summed E-state index contributed by atoms with van der Waals surface area (Å²) in [4.78, 5) is 11.7. The fourth-order valence-corrected chi connectivity index (χ4v) is 1.24. The third-order valence-corrected chi connectivity index (χ3v) is 1.95. The standard InChI is InChI=1S/C8H12N8O/c9-8-13-6(3-7(14-8)15-10)11-2-1-5-12-4-17-16-5/h3-4H,1-2,10H2,(H4,9,11,13,14,15). The Bertz CT molecular complexity index is 470. The molecule has 0 atom stereocenters. The molecular weight excluding hydrogens is 224 g/mol. The van der Waals surface area contributed by atoms with Gasteiger partial charge in [-0.2, -0.15) is 15.0 Å². The topological polar surface area (TPSA) is 141 Å². The summed E-state index contributed by atoms with van der Waals surface area (Å²) in [7, 11) is 0. The summed E-state index contributed by atoms with van der Waals surface area (Å²) in [6.07, 6.45) is 1.90. The van der Waals surface area contributed by atoms with Gasteiger partial charge in [0.1, 0.15) is 11.6 Å². The van der Waals surface area contributed by atoms with Gasteiger partial charge in [-0.05, 0) is 0 Å². The number of aromatic nitrogens is 4. The number of hydrazine groups is 1. The number of hydrogen-bond donors (Lipinski definition) is 4. The van der Waals surface area contributed by atoms with Crippen molar-refractivity contribution in [3.8, 4) is 0 Å². The van der Waals surface area contributed by atoms with Crippen molar-refractivity contribution < 1.29 is 4.52 Å². The van der Waals surface area contributed by atoms with Gasteiger partial charge in [0, 0.05) is 19.0 Å². The number of nitrogen functional groups attached to an aromatic ring is 2. The van der Waals surface area contributed by atoms with E-state index in [-0.39, 0.29) is 5.95 Å². The first-order chi connectivity index (χ1) is 8.28. The molecular formula is C8H12N8O. The Labute approximate surface area is 96.6 Å². The lowest BCUT2D eigenvalue weighted by Crippen LogP contribution is -2.13. The highest BCUT2D eigenvalue weighted by Gasteiger charge is 2.02. The monoisotopic (exact) mass is 236 g/mol. The van der Waals surface area contributed by atoms with Crippen molar-refractivity contribution in [2.75, 3.05) is 23.0 Å². The summed E-state index contributed by atoms with van der Waals surface area (Å²) >= 11 is 0. The van der Waals surface area contributed by atoms with Crippen molar-refractivity contribution in [1.29, 1.82) is 0 Å². The molecule has 0 aliphatic heterocycles. The van der Waals surface area contributed by atoms with Crippen molar-refractivity contribution in [1.82, 2.24) is 20.1 Å². The average molecular weight is 236 g/mol. The summed E-state index contributed by atoms with van der Waals surface area (Å²) < 4.78 is 4.61. The Morgan fingerprint density at radius 3 is 2.82 bits per heavy atom. The Kier molecular flexibility index (Phi) is 3.31. The van der Waals surface area contributed by atoms with E-state index < -0.39 is 0 Å². The smallest absolute Gasteiger partial charge is 0.223 e. The van der Waals surface area contributed by atoms with Crippen LogP contribution in [-0.2, 0) is 6.42 Å². The second-order valence-electron chi connectivity index (χ2n) is 3.17. The Balaban J connectivity index is 1.92. The first kappa shape index (κ1) is 11.1. The van der Waals surface area contributed by atoms with Crippen molar-refractivity contribution >= 4 is 17.6 Å². The van der Waals surface area contributed by atoms with E-state index in [4.69, 9.17) is 11.6 Å². The molecule has 6 N–H and O–H groups in total. The van der Waals surface area contributed by atoms with Gasteiger partial charge in [0.05, 0.1) is 0 Å². The normalized spacial score (nSPS) is 10.2. The minimum atomic E-state index is 0.141. The second-order valence-corrected chi connectivity index (χ2v) is 3.17. The summed E-state index contributed by atoms with van der Waals surface area (Å²) in [5.41, 5.74) is 7.91. The van der Waals surface area contributed by atoms with Gasteiger partial charge >= 0.3 is 0 Å². The average Bonchev–Trinajstić information content (AvgIpc) is 2.81. The molecule has 90 valence electrons. The van der Waals surface area contributed by atoms with E-state index in [0.29, 0.717) is 30.4 Å². The van der Waals surface area contributed by atoms with E-state index in [2.05, 4.69) is 35.4 Å². The maximum atomic E-state index is 5.50. The van der Waals surface area contributed by atoms with E-state index >= 15 is 0 Å². The molecule has 2 aromatic rings. The molecule has 2 rings (SSSR count). The van der Waals surface area contributed by atoms with Gasteiger partial charge in [0.15, 0.2) is 5.82 Å². The molecule has 0 amide bonds. The van der Waals surface area contributed by atoms with Gasteiger partial charge < -0.3 is 21.0 Å². The number of nitrogens with one attached hydrogen (secondary N) is 2. The molecule has 0 aliphatic rings. The summed E-state index contributed by atoms with van der Waals surface area (Å²) in [6.45, 7) is 0.597. The van der Waals surface area contributed by atoms with E-state index in [0.717, 1.165) is 0 Å². The molecule has 2 heterocycles. The Morgan fingerprint density at radius 2 is 2.12 bits per heavy atom. The molecule has 9 nitrogen and oxygen atoms in total. The van der Waals surface area contributed by atoms with Crippen LogP contribution in [0.5, 0.6) is 0 Å². The van der Waals surface area contributed by atoms with Crippen LogP contribution in [0, 0.1) is 0 Å². The van der Waals surface area contributed by atoms with E-state index in [9.17, 15) is 0 Å². The highest BCUT2D eigenvalue weighted by atomic mass is 16.5. The van der Waals surface area contributed by atoms with Gasteiger partial charge in [-0.1, -0.05) is 5.16 Å². The van der Waals surface area contributed by atoms with Crippen LogP contribution in [0.3, 0.4) is 0 Å².